The Labute approximate surface area is 339 Å². The van der Waals surface area contributed by atoms with Gasteiger partial charge in [0.1, 0.15) is 0 Å². The number of hydrogen-bond acceptors (Lipinski definition) is 16. The van der Waals surface area contributed by atoms with Gasteiger partial charge in [0.25, 0.3) is 0 Å². The van der Waals surface area contributed by atoms with Crippen molar-refractivity contribution in [3.05, 3.63) is 76.3 Å². The molecule has 16 nitrogen and oxygen atoms in total. The van der Waals surface area contributed by atoms with Gasteiger partial charge >= 0.3 is 44.8 Å². The predicted octanol–water partition coefficient (Wildman–Crippen LogP) is 3.44. The maximum absolute atomic E-state index is 11.9. The van der Waals surface area contributed by atoms with Gasteiger partial charge in [0.2, 0.25) is 50.5 Å². The van der Waals surface area contributed by atoms with Gasteiger partial charge in [-0.1, -0.05) is 53.4 Å². The summed E-state index contributed by atoms with van der Waals surface area (Å²) in [5, 5.41) is 23.8. The normalized spacial score (nSPS) is 15.9. The fourth-order valence-electron chi connectivity index (χ4n) is 4.77. The monoisotopic (exact) mass is 894 g/mol. The van der Waals surface area contributed by atoms with E-state index in [1.54, 1.807) is 44.4 Å². The molecule has 284 valence electrons. The van der Waals surface area contributed by atoms with Crippen LogP contribution in [0.1, 0.15) is 79.1 Å². The van der Waals surface area contributed by atoms with Crippen molar-refractivity contribution < 1.29 is 55.0 Å². The summed E-state index contributed by atoms with van der Waals surface area (Å²) in [6, 6.07) is -1.16. The Hall–Kier alpha value is -3.54. The number of rotatable bonds is 16. The van der Waals surface area contributed by atoms with Crippen molar-refractivity contribution in [1.82, 2.24) is 49.5 Å². The van der Waals surface area contributed by atoms with Crippen molar-refractivity contribution in [3.63, 3.8) is 0 Å². The van der Waals surface area contributed by atoms with E-state index in [1.165, 1.54) is 0 Å². The molecule has 6 heterocycles. The average Bonchev–Trinajstić information content (AvgIpc) is 3.95. The van der Waals surface area contributed by atoms with E-state index in [1.807, 2.05) is 44.4 Å². The van der Waals surface area contributed by atoms with E-state index in [4.69, 9.17) is 0 Å². The van der Waals surface area contributed by atoms with Crippen LogP contribution in [0.3, 0.4) is 0 Å². The molecule has 0 amide bonds. The first kappa shape index (κ1) is 42.9. The van der Waals surface area contributed by atoms with Crippen molar-refractivity contribution in [2.45, 2.75) is 79.1 Å². The van der Waals surface area contributed by atoms with Crippen LogP contribution in [0, 0.1) is 26.7 Å². The first-order chi connectivity index (χ1) is 24.4. The molecule has 0 saturated heterocycles. The topological polar surface area (TPSA) is 149 Å². The Morgan fingerprint density at radius 2 is 0.635 bits per heavy atom. The molecule has 0 saturated carbocycles. The van der Waals surface area contributed by atoms with Crippen LogP contribution in [-0.2, 0) is 44.8 Å². The Morgan fingerprint density at radius 1 is 0.404 bits per heavy atom. The zero-order valence-electron chi connectivity index (χ0n) is 29.8. The summed E-state index contributed by atoms with van der Waals surface area (Å²) in [6.45, 7) is 24.5. The molecule has 0 aliphatic carbocycles. The Kier molecular flexibility index (Phi) is 18.0. The standard InChI is InChI=1S/2C17H23N7O.2Ag/c2*1-3-5-7-21-9-11-23(13-21)15-18-16(20-17(25)19-15)24-12-10-22(14-24)8-6-4-2;;/h2*9-12H,3-8H2,1-2H3,(H,18,19,20,25);;/q;;2*+1/p-2. The Balaban J connectivity index is 0.000000270. The van der Waals surface area contributed by atoms with Gasteiger partial charge in [0, 0.05) is 75.8 Å². The van der Waals surface area contributed by atoms with Crippen molar-refractivity contribution in [2.75, 3.05) is 45.8 Å². The van der Waals surface area contributed by atoms with E-state index in [2.05, 4.69) is 84.3 Å². The molecule has 4 aliphatic rings. The van der Waals surface area contributed by atoms with Crippen molar-refractivity contribution in [3.8, 4) is 12.0 Å². The van der Waals surface area contributed by atoms with Crippen LogP contribution in [0.25, 0.3) is 0 Å². The quantitative estimate of drug-likeness (QED) is 0.226. The summed E-state index contributed by atoms with van der Waals surface area (Å²) in [5.74, 6) is 1.03. The summed E-state index contributed by atoms with van der Waals surface area (Å²) < 4.78 is 0. The number of aromatic nitrogens is 6. The summed E-state index contributed by atoms with van der Waals surface area (Å²) in [4.78, 5) is 38.4. The minimum atomic E-state index is -0.579. The second kappa shape index (κ2) is 21.9. The molecular formula is C34H44Ag2N14O2. The molecule has 2 aromatic heterocycles. The summed E-state index contributed by atoms with van der Waals surface area (Å²) in [7, 11) is 0. The third-order valence-electron chi connectivity index (χ3n) is 7.58. The van der Waals surface area contributed by atoms with E-state index < -0.39 is 12.0 Å². The molecule has 6 rings (SSSR count). The van der Waals surface area contributed by atoms with Gasteiger partial charge in [-0.25, -0.2) is 19.9 Å². The van der Waals surface area contributed by atoms with Gasteiger partial charge in [-0.05, 0) is 25.7 Å². The van der Waals surface area contributed by atoms with E-state index in [9.17, 15) is 10.2 Å². The van der Waals surface area contributed by atoms with Crippen LogP contribution >= 0.6 is 0 Å². The van der Waals surface area contributed by atoms with Gasteiger partial charge in [-0.15, -0.1) is 0 Å². The molecule has 2 aromatic rings. The molecule has 0 spiro atoms. The second-order valence-corrected chi connectivity index (χ2v) is 11.7. The molecule has 8 radical (unpaired) electrons. The molecular weight excluding hydrogens is 852 g/mol. The van der Waals surface area contributed by atoms with Gasteiger partial charge in [0.15, 0.2) is 0 Å². The van der Waals surface area contributed by atoms with Crippen LogP contribution in [0.5, 0.6) is 12.0 Å². The molecule has 0 N–H and O–H groups in total. The van der Waals surface area contributed by atoms with Crippen LogP contribution in [-0.4, -0.2) is 75.7 Å². The minimum absolute atomic E-state index is 0. The predicted molar refractivity (Wildman–Crippen MR) is 184 cm³/mol. The number of hydrogen-bond donors (Lipinski definition) is 0. The maximum atomic E-state index is 11.9. The molecule has 0 fully saturated rings. The van der Waals surface area contributed by atoms with Crippen molar-refractivity contribution >= 4 is 23.8 Å². The van der Waals surface area contributed by atoms with Crippen LogP contribution in [0.4, 0.5) is 23.8 Å². The van der Waals surface area contributed by atoms with E-state index in [-0.39, 0.29) is 68.6 Å². The largest absolute Gasteiger partial charge is 1.00 e. The maximum Gasteiger partial charge on any atom is 1.00 e. The SMILES string of the molecule is CCCCN1[C]N(c2nc([O-])nc(N3[C]N(CCCC)C=C3)n2)C=C1.CCCCN1[C]N(c2nc([O-])nc(N3[C]N(CCCC)C=C3)n2)C=C1.[Ag+].[Ag+]. The molecule has 52 heavy (non-hydrogen) atoms. The van der Waals surface area contributed by atoms with Crippen LogP contribution < -0.4 is 29.8 Å². The number of unbranched alkanes of at least 4 members (excludes halogenated alkanes) is 4. The molecule has 0 atom stereocenters. The van der Waals surface area contributed by atoms with E-state index in [0.29, 0.717) is 0 Å². The van der Waals surface area contributed by atoms with Crippen LogP contribution in [0.2, 0.25) is 0 Å². The van der Waals surface area contributed by atoms with E-state index in [0.717, 1.165) is 77.5 Å². The summed E-state index contributed by atoms with van der Waals surface area (Å²) in [5.41, 5.74) is 0. The van der Waals surface area contributed by atoms with Gasteiger partial charge in [-0.2, -0.15) is 9.97 Å². The van der Waals surface area contributed by atoms with Crippen molar-refractivity contribution in [1.29, 1.82) is 0 Å². The summed E-state index contributed by atoms with van der Waals surface area (Å²) in [6.07, 6.45) is 23.4. The van der Waals surface area contributed by atoms with Crippen LogP contribution in [0.15, 0.2) is 49.6 Å². The fraction of sp³-hybridized carbons (Fsp3) is 0.471. The van der Waals surface area contributed by atoms with Gasteiger partial charge in [-0.3, -0.25) is 19.6 Å². The molecule has 0 bridgehead atoms. The molecule has 0 unspecified atom stereocenters. The zero-order valence-corrected chi connectivity index (χ0v) is 32.7. The zero-order chi connectivity index (χ0) is 35.3. The molecule has 4 aliphatic heterocycles. The third-order valence-corrected chi connectivity index (χ3v) is 7.58. The first-order valence-electron chi connectivity index (χ1n) is 17.3. The minimum Gasteiger partial charge on any atom is -0.844 e. The Bertz CT molecular complexity index is 1290. The average molecular weight is 897 g/mol. The second-order valence-electron chi connectivity index (χ2n) is 11.7. The third kappa shape index (κ3) is 12.3. The van der Waals surface area contributed by atoms with E-state index >= 15 is 0 Å². The molecule has 18 heteroatoms. The van der Waals surface area contributed by atoms with Gasteiger partial charge < -0.3 is 29.8 Å². The number of anilines is 4. The molecule has 0 aromatic carbocycles. The first-order valence-corrected chi connectivity index (χ1v) is 17.3. The number of nitrogens with zero attached hydrogens (tertiary/aromatic N) is 14. The summed E-state index contributed by atoms with van der Waals surface area (Å²) >= 11 is 0. The fourth-order valence-corrected chi connectivity index (χ4v) is 4.77. The van der Waals surface area contributed by atoms with Crippen molar-refractivity contribution in [2.24, 2.45) is 0 Å². The Morgan fingerprint density at radius 3 is 0.846 bits per heavy atom. The van der Waals surface area contributed by atoms with Gasteiger partial charge in [0.05, 0.1) is 12.0 Å². The smallest absolute Gasteiger partial charge is 0.844 e.